The molecular formula is C14H20ClNO3. The summed E-state index contributed by atoms with van der Waals surface area (Å²) in [4.78, 5) is 11.6. The number of ether oxygens (including phenoxy) is 1. The van der Waals surface area contributed by atoms with Gasteiger partial charge >= 0.3 is 5.97 Å². The fourth-order valence-electron chi connectivity index (χ4n) is 1.81. The Bertz CT molecular complexity index is 435. The van der Waals surface area contributed by atoms with Crippen molar-refractivity contribution in [1.82, 2.24) is 5.32 Å². The van der Waals surface area contributed by atoms with Gasteiger partial charge in [0.1, 0.15) is 11.8 Å². The summed E-state index contributed by atoms with van der Waals surface area (Å²) in [6, 6.07) is 4.44. The molecule has 1 rings (SSSR count). The average molecular weight is 286 g/mol. The number of carbonyl (C=O) groups is 1. The van der Waals surface area contributed by atoms with Crippen molar-refractivity contribution >= 4 is 17.6 Å². The van der Waals surface area contributed by atoms with Gasteiger partial charge in [0.2, 0.25) is 0 Å². The molecule has 0 amide bonds. The molecule has 4 nitrogen and oxygen atoms in total. The minimum absolute atomic E-state index is 0.157. The highest BCUT2D eigenvalue weighted by molar-refractivity contribution is 6.30. The predicted octanol–water partition coefficient (Wildman–Crippen LogP) is 2.72. The van der Waals surface area contributed by atoms with Gasteiger partial charge in [-0.1, -0.05) is 25.4 Å². The summed E-state index contributed by atoms with van der Waals surface area (Å²) < 4.78 is 4.77. The minimum Gasteiger partial charge on any atom is -0.508 e. The summed E-state index contributed by atoms with van der Waals surface area (Å²) in [6.45, 7) is 4.43. The topological polar surface area (TPSA) is 58.6 Å². The van der Waals surface area contributed by atoms with Crippen molar-refractivity contribution in [2.75, 3.05) is 7.11 Å². The molecule has 0 spiro atoms. The van der Waals surface area contributed by atoms with Crippen molar-refractivity contribution in [3.63, 3.8) is 0 Å². The van der Waals surface area contributed by atoms with Gasteiger partial charge in [0.15, 0.2) is 0 Å². The molecule has 0 saturated carbocycles. The highest BCUT2D eigenvalue weighted by Gasteiger charge is 2.20. The maximum absolute atomic E-state index is 11.6. The molecule has 0 fully saturated rings. The van der Waals surface area contributed by atoms with Gasteiger partial charge in [-0.15, -0.1) is 0 Å². The van der Waals surface area contributed by atoms with Crippen LogP contribution in [0.15, 0.2) is 18.2 Å². The van der Waals surface area contributed by atoms with E-state index in [4.69, 9.17) is 16.3 Å². The number of halogens is 1. The lowest BCUT2D eigenvalue weighted by Gasteiger charge is -2.18. The van der Waals surface area contributed by atoms with Crippen LogP contribution in [0, 0.1) is 5.92 Å². The zero-order valence-corrected chi connectivity index (χ0v) is 12.2. The number of rotatable bonds is 6. The van der Waals surface area contributed by atoms with E-state index in [1.165, 1.54) is 13.2 Å². The molecule has 0 saturated heterocycles. The maximum Gasteiger partial charge on any atom is 0.322 e. The van der Waals surface area contributed by atoms with Crippen LogP contribution in [0.3, 0.4) is 0 Å². The number of aromatic hydroxyl groups is 1. The zero-order chi connectivity index (χ0) is 14.4. The molecule has 0 bridgehead atoms. The Morgan fingerprint density at radius 2 is 2.16 bits per heavy atom. The van der Waals surface area contributed by atoms with E-state index in [2.05, 4.69) is 5.32 Å². The number of carbonyl (C=O) groups excluding carboxylic acids is 1. The van der Waals surface area contributed by atoms with Crippen molar-refractivity contribution < 1.29 is 14.6 Å². The fraction of sp³-hybridized carbons (Fsp3) is 0.500. The highest BCUT2D eigenvalue weighted by atomic mass is 35.5. The predicted molar refractivity (Wildman–Crippen MR) is 75.2 cm³/mol. The Morgan fingerprint density at radius 1 is 1.47 bits per heavy atom. The minimum atomic E-state index is -0.386. The Morgan fingerprint density at radius 3 is 2.74 bits per heavy atom. The first-order valence-corrected chi connectivity index (χ1v) is 6.60. The molecule has 0 aromatic heterocycles. The van der Waals surface area contributed by atoms with Gasteiger partial charge in [0.25, 0.3) is 0 Å². The number of hydrogen-bond acceptors (Lipinski definition) is 4. The van der Waals surface area contributed by atoms with Crippen molar-refractivity contribution in [2.45, 2.75) is 32.9 Å². The van der Waals surface area contributed by atoms with Gasteiger partial charge in [-0.25, -0.2) is 0 Å². The first-order chi connectivity index (χ1) is 8.93. The Kier molecular flexibility index (Phi) is 6.12. The van der Waals surface area contributed by atoms with Crippen LogP contribution in [0.2, 0.25) is 5.02 Å². The summed E-state index contributed by atoms with van der Waals surface area (Å²) in [5.74, 6) is 0.227. The second kappa shape index (κ2) is 7.36. The summed E-state index contributed by atoms with van der Waals surface area (Å²) in [5, 5.41) is 13.4. The van der Waals surface area contributed by atoms with Gasteiger partial charge in [-0.05, 0) is 30.5 Å². The zero-order valence-electron chi connectivity index (χ0n) is 11.4. The van der Waals surface area contributed by atoms with Gasteiger partial charge in [0.05, 0.1) is 7.11 Å². The number of benzene rings is 1. The van der Waals surface area contributed by atoms with Crippen LogP contribution in [0.4, 0.5) is 0 Å². The Balaban J connectivity index is 2.70. The van der Waals surface area contributed by atoms with E-state index in [0.29, 0.717) is 29.5 Å². The SMILES string of the molecule is COC(=O)[C@H](CC(C)C)NCc1cc(Cl)ccc1O. The van der Waals surface area contributed by atoms with E-state index in [0.717, 1.165) is 0 Å². The number of hydrogen-bond donors (Lipinski definition) is 2. The maximum atomic E-state index is 11.6. The molecule has 0 radical (unpaired) electrons. The van der Waals surface area contributed by atoms with Crippen LogP contribution in [-0.4, -0.2) is 24.2 Å². The summed E-state index contributed by atoms with van der Waals surface area (Å²) >= 11 is 5.88. The Labute approximate surface area is 118 Å². The van der Waals surface area contributed by atoms with E-state index in [1.54, 1.807) is 12.1 Å². The number of phenolic OH excluding ortho intramolecular Hbond substituents is 1. The fourth-order valence-corrected chi connectivity index (χ4v) is 2.00. The molecule has 0 aliphatic rings. The van der Waals surface area contributed by atoms with Crippen LogP contribution in [0.25, 0.3) is 0 Å². The lowest BCUT2D eigenvalue weighted by atomic mass is 10.0. The van der Waals surface area contributed by atoms with Crippen molar-refractivity contribution in [1.29, 1.82) is 0 Å². The third-order valence-corrected chi connectivity index (χ3v) is 3.01. The molecule has 2 N–H and O–H groups in total. The third-order valence-electron chi connectivity index (χ3n) is 2.77. The van der Waals surface area contributed by atoms with Crippen LogP contribution < -0.4 is 5.32 Å². The second-order valence-electron chi connectivity index (χ2n) is 4.86. The molecule has 0 unspecified atom stereocenters. The van der Waals surface area contributed by atoms with E-state index in [1.807, 2.05) is 13.8 Å². The molecule has 5 heteroatoms. The molecule has 1 aromatic carbocycles. The molecule has 1 aromatic rings. The highest BCUT2D eigenvalue weighted by Crippen LogP contribution is 2.21. The molecule has 106 valence electrons. The molecule has 1 atom stereocenters. The molecule has 19 heavy (non-hydrogen) atoms. The van der Waals surface area contributed by atoms with E-state index in [9.17, 15) is 9.90 Å². The average Bonchev–Trinajstić information content (AvgIpc) is 2.36. The first-order valence-electron chi connectivity index (χ1n) is 6.22. The van der Waals surface area contributed by atoms with Gasteiger partial charge in [-0.2, -0.15) is 0 Å². The van der Waals surface area contributed by atoms with Crippen LogP contribution in [-0.2, 0) is 16.1 Å². The number of phenols is 1. The van der Waals surface area contributed by atoms with E-state index in [-0.39, 0.29) is 17.8 Å². The van der Waals surface area contributed by atoms with Crippen LogP contribution in [0.1, 0.15) is 25.8 Å². The van der Waals surface area contributed by atoms with Gasteiger partial charge < -0.3 is 15.2 Å². The molecular weight excluding hydrogens is 266 g/mol. The summed E-state index contributed by atoms with van der Waals surface area (Å²) in [6.07, 6.45) is 0.675. The normalized spacial score (nSPS) is 12.5. The first kappa shape index (κ1) is 15.8. The van der Waals surface area contributed by atoms with Crippen molar-refractivity contribution in [3.8, 4) is 5.75 Å². The standard InChI is InChI=1S/C14H20ClNO3/c1-9(2)6-12(14(18)19-3)16-8-10-7-11(15)4-5-13(10)17/h4-5,7,9,12,16-17H,6,8H2,1-3H3/t12-/m0/s1. The van der Waals surface area contributed by atoms with Gasteiger partial charge in [0, 0.05) is 17.1 Å². The number of esters is 1. The monoisotopic (exact) mass is 285 g/mol. The second-order valence-corrected chi connectivity index (χ2v) is 5.30. The third kappa shape index (κ3) is 5.09. The Hall–Kier alpha value is -1.26. The quantitative estimate of drug-likeness (QED) is 0.789. The van der Waals surface area contributed by atoms with Crippen molar-refractivity contribution in [2.24, 2.45) is 5.92 Å². The van der Waals surface area contributed by atoms with Crippen LogP contribution >= 0.6 is 11.6 Å². The van der Waals surface area contributed by atoms with Crippen molar-refractivity contribution in [3.05, 3.63) is 28.8 Å². The van der Waals surface area contributed by atoms with E-state index < -0.39 is 0 Å². The lowest BCUT2D eigenvalue weighted by Crippen LogP contribution is -2.38. The van der Waals surface area contributed by atoms with E-state index >= 15 is 0 Å². The largest absolute Gasteiger partial charge is 0.508 e. The number of methoxy groups -OCH3 is 1. The molecule has 0 aliphatic heterocycles. The van der Waals surface area contributed by atoms with Crippen LogP contribution in [0.5, 0.6) is 5.75 Å². The number of nitrogens with one attached hydrogen (secondary N) is 1. The summed E-state index contributed by atoms with van der Waals surface area (Å²) in [7, 11) is 1.37. The summed E-state index contributed by atoms with van der Waals surface area (Å²) in [5.41, 5.74) is 0.658. The smallest absolute Gasteiger partial charge is 0.322 e. The lowest BCUT2D eigenvalue weighted by molar-refractivity contribution is -0.143. The molecule has 0 aliphatic carbocycles. The molecule has 0 heterocycles. The van der Waals surface area contributed by atoms with Gasteiger partial charge in [-0.3, -0.25) is 4.79 Å².